The van der Waals surface area contributed by atoms with Gasteiger partial charge >= 0.3 is 0 Å². The number of amides is 1. The van der Waals surface area contributed by atoms with Crippen LogP contribution >= 0.6 is 0 Å². The van der Waals surface area contributed by atoms with E-state index in [-0.39, 0.29) is 27.8 Å². The lowest BCUT2D eigenvalue weighted by Crippen LogP contribution is -2.65. The quantitative estimate of drug-likeness (QED) is 0.259. The van der Waals surface area contributed by atoms with Gasteiger partial charge in [-0.25, -0.2) is 9.37 Å². The molecule has 0 atom stereocenters. The summed E-state index contributed by atoms with van der Waals surface area (Å²) in [5.74, 6) is 0.621. The van der Waals surface area contributed by atoms with Crippen molar-refractivity contribution in [2.75, 3.05) is 25.2 Å². The van der Waals surface area contributed by atoms with E-state index in [1.807, 2.05) is 35.2 Å². The summed E-state index contributed by atoms with van der Waals surface area (Å²) in [4.78, 5) is 20.3. The molecule has 3 aromatic rings. The van der Waals surface area contributed by atoms with E-state index in [0.29, 0.717) is 44.7 Å². The third kappa shape index (κ3) is 4.44. The van der Waals surface area contributed by atoms with Crippen molar-refractivity contribution in [3.8, 4) is 23.1 Å². The van der Waals surface area contributed by atoms with Crippen molar-refractivity contribution in [1.82, 2.24) is 4.98 Å². The van der Waals surface area contributed by atoms with Crippen molar-refractivity contribution in [2.24, 2.45) is 10.8 Å². The third-order valence-electron chi connectivity index (χ3n) is 11.5. The molecule has 7 heteroatoms. The first-order valence-electron chi connectivity index (χ1n) is 16.0. The number of benzene rings is 2. The molecule has 7 fully saturated rings. The highest BCUT2D eigenvalue weighted by molar-refractivity contribution is 5.95. The molecule has 6 nitrogen and oxygen atoms in total. The van der Waals surface area contributed by atoms with Gasteiger partial charge in [0.05, 0.1) is 30.8 Å². The summed E-state index contributed by atoms with van der Waals surface area (Å²) in [6.07, 6.45) is 9.31. The first kappa shape index (κ1) is 27.8. The first-order valence-corrected chi connectivity index (χ1v) is 16.0. The summed E-state index contributed by atoms with van der Waals surface area (Å²) >= 11 is 0. The maximum absolute atomic E-state index is 14.4. The Kier molecular flexibility index (Phi) is 6.07. The van der Waals surface area contributed by atoms with Crippen LogP contribution in [0, 0.1) is 22.2 Å². The topological polar surface area (TPSA) is 75.4 Å². The summed E-state index contributed by atoms with van der Waals surface area (Å²) < 4.78 is 26.5. The third-order valence-corrected chi connectivity index (χ3v) is 11.5. The van der Waals surface area contributed by atoms with Crippen LogP contribution in [0.1, 0.15) is 75.3 Å². The number of methoxy groups -OCH3 is 1. The summed E-state index contributed by atoms with van der Waals surface area (Å²) in [6.45, 7) is 1.19. The van der Waals surface area contributed by atoms with E-state index in [1.165, 1.54) is 5.56 Å². The van der Waals surface area contributed by atoms with Crippen LogP contribution in [0.4, 0.5) is 10.1 Å². The number of hydrogen-bond acceptors (Lipinski definition) is 5. The van der Waals surface area contributed by atoms with Gasteiger partial charge in [0.15, 0.2) is 0 Å². The van der Waals surface area contributed by atoms with Crippen molar-refractivity contribution >= 4 is 11.6 Å². The number of halogens is 1. The lowest BCUT2D eigenvalue weighted by molar-refractivity contribution is -0.215. The normalized spacial score (nSPS) is 32.1. The van der Waals surface area contributed by atoms with Crippen LogP contribution in [0.5, 0.6) is 5.88 Å². The molecule has 0 radical (unpaired) electrons. The Bertz CT molecular complexity index is 1630. The van der Waals surface area contributed by atoms with Gasteiger partial charge < -0.3 is 14.4 Å². The van der Waals surface area contributed by atoms with Crippen molar-refractivity contribution in [1.29, 1.82) is 5.26 Å². The van der Waals surface area contributed by atoms with Gasteiger partial charge in [0.2, 0.25) is 11.8 Å². The van der Waals surface area contributed by atoms with Crippen molar-refractivity contribution in [3.63, 3.8) is 0 Å². The van der Waals surface area contributed by atoms with E-state index >= 15 is 0 Å². The average molecular weight is 592 g/mol. The predicted octanol–water partition coefficient (Wildman–Crippen LogP) is 7.41. The SMILES string of the molecule is COc1cc(-c2cccc(N(CC34CCC(c5ccc(C6(C#N)CC6)cc5)(CC3)OC4)C(=O)CC34CC(F)(C3)C4)c2)ccn1. The minimum Gasteiger partial charge on any atom is -0.481 e. The zero-order valence-corrected chi connectivity index (χ0v) is 25.3. The number of carbonyl (C=O) groups is 1. The summed E-state index contributed by atoms with van der Waals surface area (Å²) in [5.41, 5.74) is 3.22. The summed E-state index contributed by atoms with van der Waals surface area (Å²) in [7, 11) is 1.60. The number of pyridine rings is 1. The van der Waals surface area contributed by atoms with E-state index < -0.39 is 5.67 Å². The van der Waals surface area contributed by atoms with Crippen LogP contribution < -0.4 is 9.64 Å². The molecule has 3 heterocycles. The zero-order chi connectivity index (χ0) is 30.2. The molecule has 5 aliphatic carbocycles. The van der Waals surface area contributed by atoms with Crippen molar-refractivity contribution in [2.45, 2.75) is 80.9 Å². The fourth-order valence-corrected chi connectivity index (χ4v) is 8.70. The fourth-order valence-electron chi connectivity index (χ4n) is 8.70. The maximum Gasteiger partial charge on any atom is 0.227 e. The van der Waals surface area contributed by atoms with Crippen molar-refractivity contribution in [3.05, 3.63) is 78.0 Å². The Morgan fingerprint density at radius 3 is 2.27 bits per heavy atom. The van der Waals surface area contributed by atoms with Crippen LogP contribution in [0.25, 0.3) is 11.1 Å². The van der Waals surface area contributed by atoms with Gasteiger partial charge in [-0.2, -0.15) is 5.26 Å². The molecular weight excluding hydrogens is 553 g/mol. The number of anilines is 1. The Labute approximate surface area is 258 Å². The molecule has 5 saturated carbocycles. The van der Waals surface area contributed by atoms with Gasteiger partial charge in [0.25, 0.3) is 0 Å². The van der Waals surface area contributed by atoms with Gasteiger partial charge in [-0.1, -0.05) is 36.4 Å². The van der Waals surface area contributed by atoms with Crippen LogP contribution in [0.2, 0.25) is 0 Å². The molecule has 2 aliphatic heterocycles. The molecule has 7 aliphatic rings. The average Bonchev–Trinajstić information content (AvgIpc) is 3.85. The van der Waals surface area contributed by atoms with E-state index in [9.17, 15) is 14.4 Å². The monoisotopic (exact) mass is 591 g/mol. The second kappa shape index (κ2) is 9.62. The Morgan fingerprint density at radius 2 is 1.66 bits per heavy atom. The Hall–Kier alpha value is -3.76. The van der Waals surface area contributed by atoms with E-state index in [4.69, 9.17) is 9.47 Å². The molecule has 10 rings (SSSR count). The molecule has 2 saturated heterocycles. The lowest BCUT2D eigenvalue weighted by atomic mass is 9.41. The molecule has 0 unspecified atom stereocenters. The highest BCUT2D eigenvalue weighted by Gasteiger charge is 2.69. The number of hydrogen-bond donors (Lipinski definition) is 0. The smallest absolute Gasteiger partial charge is 0.227 e. The van der Waals surface area contributed by atoms with Crippen LogP contribution in [0.3, 0.4) is 0 Å². The van der Waals surface area contributed by atoms with Crippen molar-refractivity contribution < 1.29 is 18.7 Å². The molecule has 44 heavy (non-hydrogen) atoms. The van der Waals surface area contributed by atoms with E-state index in [0.717, 1.165) is 60.9 Å². The number of nitrogens with zero attached hydrogens (tertiary/aromatic N) is 3. The number of fused-ring (bicyclic) bond motifs is 3. The number of nitriles is 1. The number of alkyl halides is 1. The van der Waals surface area contributed by atoms with Gasteiger partial charge in [0, 0.05) is 36.3 Å². The van der Waals surface area contributed by atoms with Gasteiger partial charge in [-0.3, -0.25) is 4.79 Å². The molecular formula is C37H38FN3O3. The van der Waals surface area contributed by atoms with E-state index in [1.54, 1.807) is 13.3 Å². The molecule has 1 amide bonds. The molecule has 2 aromatic carbocycles. The molecule has 4 bridgehead atoms. The standard InChI is InChI=1S/C37H38FN3O3/c1-43-31-18-27(9-16-40-31)26-3-2-4-30(17-26)41(32(42)19-34-20-36(38,21-34)22-34)24-33-10-14-37(15-11-33,44-25-33)29-7-5-28(6-8-29)35(23-39)12-13-35/h2-9,16-18H,10-15,19-22,24-25H2,1H3. The van der Waals surface area contributed by atoms with Crippen LogP contribution in [0.15, 0.2) is 66.9 Å². The number of carbonyl (C=O) groups excluding carboxylic acids is 1. The molecule has 0 N–H and O–H groups in total. The number of aromatic nitrogens is 1. The van der Waals surface area contributed by atoms with Gasteiger partial charge in [-0.05, 0) is 104 Å². The van der Waals surface area contributed by atoms with E-state index in [2.05, 4.69) is 41.4 Å². The molecule has 1 aromatic heterocycles. The second-order valence-electron chi connectivity index (χ2n) is 14.5. The molecule has 226 valence electrons. The first-order chi connectivity index (χ1) is 21.2. The van der Waals surface area contributed by atoms with Crippen LogP contribution in [-0.2, 0) is 20.5 Å². The lowest BCUT2D eigenvalue weighted by Gasteiger charge is -2.66. The fraction of sp³-hybridized carbons (Fsp3) is 0.486. The van der Waals surface area contributed by atoms with Crippen LogP contribution in [-0.4, -0.2) is 36.8 Å². The maximum atomic E-state index is 14.4. The Morgan fingerprint density at radius 1 is 0.955 bits per heavy atom. The minimum absolute atomic E-state index is 0.0788. The highest BCUT2D eigenvalue weighted by atomic mass is 19.1. The summed E-state index contributed by atoms with van der Waals surface area (Å²) in [6, 6.07) is 23.1. The minimum atomic E-state index is -1.03. The molecule has 0 spiro atoms. The number of rotatable bonds is 9. The Balaban J connectivity index is 1.04. The van der Waals surface area contributed by atoms with Gasteiger partial charge in [-0.15, -0.1) is 0 Å². The predicted molar refractivity (Wildman–Crippen MR) is 165 cm³/mol. The highest BCUT2D eigenvalue weighted by Crippen LogP contribution is 2.71. The van der Waals surface area contributed by atoms with Gasteiger partial charge in [0.1, 0.15) is 5.67 Å². The zero-order valence-electron chi connectivity index (χ0n) is 25.3. The number of ether oxygens (including phenoxy) is 2. The second-order valence-corrected chi connectivity index (χ2v) is 14.5. The summed E-state index contributed by atoms with van der Waals surface area (Å²) in [5, 5.41) is 9.61. The largest absolute Gasteiger partial charge is 0.481 e.